The van der Waals surface area contributed by atoms with E-state index in [1.807, 2.05) is 54.4 Å². The van der Waals surface area contributed by atoms with Crippen LogP contribution in [0.15, 0.2) is 30.5 Å². The van der Waals surface area contributed by atoms with E-state index in [9.17, 15) is 4.79 Å². The molecule has 0 aliphatic carbocycles. The Kier molecular flexibility index (Phi) is 5.07. The Hall–Kier alpha value is -2.47. The molecule has 6 nitrogen and oxygen atoms in total. The number of nitrogens with one attached hydrogen (secondary N) is 1. The second kappa shape index (κ2) is 7.64. The lowest BCUT2D eigenvalue weighted by molar-refractivity contribution is 0.0704. The molecule has 0 spiro atoms. The first-order valence-corrected chi connectivity index (χ1v) is 9.74. The van der Waals surface area contributed by atoms with E-state index in [1.54, 1.807) is 0 Å². The Bertz CT molecular complexity index is 835. The van der Waals surface area contributed by atoms with Gasteiger partial charge in [-0.3, -0.25) is 4.79 Å². The van der Waals surface area contributed by atoms with Crippen molar-refractivity contribution in [1.29, 1.82) is 0 Å². The topological polar surface area (TPSA) is 61.4 Å². The molecule has 2 aliphatic heterocycles. The largest absolute Gasteiger partial charge is 0.378 e. The average molecular weight is 365 g/mol. The molecule has 0 radical (unpaired) electrons. The van der Waals surface area contributed by atoms with Gasteiger partial charge in [0.25, 0.3) is 5.91 Å². The van der Waals surface area contributed by atoms with Crippen molar-refractivity contribution in [3.63, 3.8) is 0 Å². The van der Waals surface area contributed by atoms with Crippen molar-refractivity contribution in [3.8, 4) is 0 Å². The highest BCUT2D eigenvalue weighted by molar-refractivity contribution is 5.95. The van der Waals surface area contributed by atoms with Crippen LogP contribution in [0.25, 0.3) is 0 Å². The van der Waals surface area contributed by atoms with E-state index in [4.69, 9.17) is 4.98 Å². The third kappa shape index (κ3) is 3.81. The number of carbonyl (C=O) groups excluding carboxylic acids is 1. The predicted molar refractivity (Wildman–Crippen MR) is 106 cm³/mol. The summed E-state index contributed by atoms with van der Waals surface area (Å²) in [5.74, 6) is 1.22. The van der Waals surface area contributed by atoms with Gasteiger partial charge in [0.05, 0.1) is 0 Å². The van der Waals surface area contributed by atoms with E-state index in [0.717, 1.165) is 56.0 Å². The summed E-state index contributed by atoms with van der Waals surface area (Å²) >= 11 is 0. The molecule has 27 heavy (non-hydrogen) atoms. The van der Waals surface area contributed by atoms with Crippen LogP contribution in [0.4, 0.5) is 5.69 Å². The fraction of sp³-hybridized carbons (Fsp3) is 0.476. The number of amides is 1. The standard InChI is InChI=1S/C21H27N5O/c1-25(2)18-7-3-5-15(11-18)21(27)26-10-4-6-16(14-26)20-23-13-17-12-22-9-8-19(17)24-20/h3,5,7,11,13,16,22H,4,6,8-10,12,14H2,1-2H3/t16-/m1/s1. The Morgan fingerprint density at radius 2 is 2.22 bits per heavy atom. The Morgan fingerprint density at radius 1 is 1.33 bits per heavy atom. The van der Waals surface area contributed by atoms with E-state index in [0.29, 0.717) is 6.54 Å². The summed E-state index contributed by atoms with van der Waals surface area (Å²) in [5.41, 5.74) is 4.16. The van der Waals surface area contributed by atoms with Gasteiger partial charge in [-0.15, -0.1) is 0 Å². The van der Waals surface area contributed by atoms with Crippen molar-refractivity contribution in [2.45, 2.75) is 31.7 Å². The number of likely N-dealkylation sites (tertiary alicyclic amines) is 1. The number of carbonyl (C=O) groups is 1. The van der Waals surface area contributed by atoms with Crippen LogP contribution in [0.2, 0.25) is 0 Å². The van der Waals surface area contributed by atoms with Crippen LogP contribution in [0.1, 0.15) is 46.2 Å². The summed E-state index contributed by atoms with van der Waals surface area (Å²) in [6, 6.07) is 7.84. The van der Waals surface area contributed by atoms with Crippen molar-refractivity contribution < 1.29 is 4.79 Å². The number of hydrogen-bond acceptors (Lipinski definition) is 5. The fourth-order valence-electron chi connectivity index (χ4n) is 3.92. The number of nitrogens with zero attached hydrogens (tertiary/aromatic N) is 4. The van der Waals surface area contributed by atoms with Crippen molar-refractivity contribution in [2.24, 2.45) is 0 Å². The maximum Gasteiger partial charge on any atom is 0.253 e. The van der Waals surface area contributed by atoms with Gasteiger partial charge in [0, 0.05) is 81.3 Å². The first kappa shape index (κ1) is 17.9. The maximum absolute atomic E-state index is 13.0. The highest BCUT2D eigenvalue weighted by atomic mass is 16.2. The monoisotopic (exact) mass is 365 g/mol. The van der Waals surface area contributed by atoms with Crippen LogP contribution in [-0.2, 0) is 13.0 Å². The van der Waals surface area contributed by atoms with Crippen LogP contribution in [0.3, 0.4) is 0 Å². The van der Waals surface area contributed by atoms with Gasteiger partial charge in [0.15, 0.2) is 0 Å². The van der Waals surface area contributed by atoms with Gasteiger partial charge in [0.2, 0.25) is 0 Å². The molecule has 0 saturated carbocycles. The maximum atomic E-state index is 13.0. The lowest BCUT2D eigenvalue weighted by Gasteiger charge is -2.32. The molecule has 4 rings (SSSR count). The molecular formula is C21H27N5O. The van der Waals surface area contributed by atoms with Crippen LogP contribution in [0, 0.1) is 0 Å². The lowest BCUT2D eigenvalue weighted by atomic mass is 9.96. The number of rotatable bonds is 3. The average Bonchev–Trinajstić information content (AvgIpc) is 2.73. The molecule has 1 amide bonds. The molecule has 1 N–H and O–H groups in total. The molecule has 1 aromatic carbocycles. The van der Waals surface area contributed by atoms with E-state index in [-0.39, 0.29) is 11.8 Å². The molecule has 2 aliphatic rings. The Labute approximate surface area is 160 Å². The van der Waals surface area contributed by atoms with Crippen molar-refractivity contribution >= 4 is 11.6 Å². The summed E-state index contributed by atoms with van der Waals surface area (Å²) in [5, 5.41) is 3.36. The molecule has 1 aromatic heterocycles. The van der Waals surface area contributed by atoms with Gasteiger partial charge >= 0.3 is 0 Å². The van der Waals surface area contributed by atoms with Gasteiger partial charge in [-0.2, -0.15) is 0 Å². The molecule has 2 aromatic rings. The zero-order chi connectivity index (χ0) is 18.8. The first-order valence-electron chi connectivity index (χ1n) is 9.74. The molecule has 142 valence electrons. The number of hydrogen-bond donors (Lipinski definition) is 1. The van der Waals surface area contributed by atoms with Gasteiger partial charge in [-0.25, -0.2) is 9.97 Å². The minimum atomic E-state index is 0.102. The molecule has 3 heterocycles. The fourth-order valence-corrected chi connectivity index (χ4v) is 3.92. The van der Waals surface area contributed by atoms with E-state index < -0.39 is 0 Å². The van der Waals surface area contributed by atoms with Crippen LogP contribution in [0.5, 0.6) is 0 Å². The van der Waals surface area contributed by atoms with Crippen molar-refractivity contribution in [2.75, 3.05) is 38.6 Å². The second-order valence-electron chi connectivity index (χ2n) is 7.66. The third-order valence-corrected chi connectivity index (χ3v) is 5.51. The molecular weight excluding hydrogens is 338 g/mol. The second-order valence-corrected chi connectivity index (χ2v) is 7.66. The summed E-state index contributed by atoms with van der Waals surface area (Å²) < 4.78 is 0. The zero-order valence-corrected chi connectivity index (χ0v) is 16.1. The SMILES string of the molecule is CN(C)c1cccc(C(=O)N2CCC[C@@H](c3ncc4c(n3)CCNC4)C2)c1. The molecule has 0 bridgehead atoms. The minimum Gasteiger partial charge on any atom is -0.378 e. The molecule has 6 heteroatoms. The van der Waals surface area contributed by atoms with Gasteiger partial charge in [-0.05, 0) is 31.0 Å². The lowest BCUT2D eigenvalue weighted by Crippen LogP contribution is -2.39. The van der Waals surface area contributed by atoms with E-state index in [1.165, 1.54) is 11.3 Å². The molecule has 1 fully saturated rings. The normalized spacial score (nSPS) is 19.5. The third-order valence-electron chi connectivity index (χ3n) is 5.51. The van der Waals surface area contributed by atoms with Crippen LogP contribution < -0.4 is 10.2 Å². The predicted octanol–water partition coefficient (Wildman–Crippen LogP) is 2.21. The van der Waals surface area contributed by atoms with Gasteiger partial charge < -0.3 is 15.1 Å². The molecule has 1 saturated heterocycles. The highest BCUT2D eigenvalue weighted by Gasteiger charge is 2.28. The Balaban J connectivity index is 1.51. The van der Waals surface area contributed by atoms with Crippen molar-refractivity contribution in [3.05, 3.63) is 53.1 Å². The van der Waals surface area contributed by atoms with Crippen LogP contribution >= 0.6 is 0 Å². The number of anilines is 1. The molecule has 0 unspecified atom stereocenters. The summed E-state index contributed by atoms with van der Waals surface area (Å²) in [4.78, 5) is 26.5. The minimum absolute atomic E-state index is 0.102. The van der Waals surface area contributed by atoms with Gasteiger partial charge in [-0.1, -0.05) is 6.07 Å². The number of fused-ring (bicyclic) bond motifs is 1. The smallest absolute Gasteiger partial charge is 0.253 e. The Morgan fingerprint density at radius 3 is 3.07 bits per heavy atom. The van der Waals surface area contributed by atoms with Gasteiger partial charge in [0.1, 0.15) is 5.82 Å². The number of piperidine rings is 1. The summed E-state index contributed by atoms with van der Waals surface area (Å²) in [7, 11) is 3.98. The number of aromatic nitrogens is 2. The zero-order valence-electron chi connectivity index (χ0n) is 16.1. The first-order chi connectivity index (χ1) is 13.1. The quantitative estimate of drug-likeness (QED) is 0.904. The molecule has 1 atom stereocenters. The van der Waals surface area contributed by atoms with E-state index in [2.05, 4.69) is 10.3 Å². The van der Waals surface area contributed by atoms with Crippen LogP contribution in [-0.4, -0.2) is 54.5 Å². The highest BCUT2D eigenvalue weighted by Crippen LogP contribution is 2.27. The number of benzene rings is 1. The summed E-state index contributed by atoms with van der Waals surface area (Å²) in [6.45, 7) is 3.33. The summed E-state index contributed by atoms with van der Waals surface area (Å²) in [6.07, 6.45) is 4.95. The van der Waals surface area contributed by atoms with E-state index >= 15 is 0 Å². The van der Waals surface area contributed by atoms with Crippen molar-refractivity contribution in [1.82, 2.24) is 20.2 Å².